The van der Waals surface area contributed by atoms with E-state index in [0.717, 1.165) is 11.3 Å². The molecule has 0 atom stereocenters. The Kier molecular flexibility index (Phi) is 5.60. The van der Waals surface area contributed by atoms with Gasteiger partial charge in [-0.2, -0.15) is 4.31 Å². The molecule has 0 bridgehead atoms. The van der Waals surface area contributed by atoms with E-state index in [-0.39, 0.29) is 28.1 Å². The number of nitrogens with zero attached hydrogens (tertiary/aromatic N) is 2. The van der Waals surface area contributed by atoms with Gasteiger partial charge >= 0.3 is 0 Å². The molecule has 0 amide bonds. The summed E-state index contributed by atoms with van der Waals surface area (Å²) >= 11 is 12.8. The highest BCUT2D eigenvalue weighted by molar-refractivity contribution is 7.89. The number of benzene rings is 1. The minimum absolute atomic E-state index is 0.000363. The normalized spacial score (nSPS) is 16.1. The summed E-state index contributed by atoms with van der Waals surface area (Å²) in [6.45, 7) is 2.41. The van der Waals surface area contributed by atoms with Crippen LogP contribution in [0.15, 0.2) is 29.2 Å². The van der Waals surface area contributed by atoms with Crippen LogP contribution >= 0.6 is 34.5 Å². The van der Waals surface area contributed by atoms with E-state index in [9.17, 15) is 17.6 Å². The Hall–Kier alpha value is -1.19. The van der Waals surface area contributed by atoms with Gasteiger partial charge in [0.25, 0.3) is 0 Å². The van der Waals surface area contributed by atoms with Crippen LogP contribution < -0.4 is 4.90 Å². The van der Waals surface area contributed by atoms with Crippen molar-refractivity contribution in [1.82, 2.24) is 4.31 Å². The van der Waals surface area contributed by atoms with Crippen LogP contribution in [0.25, 0.3) is 0 Å². The Balaban J connectivity index is 1.75. The monoisotopic (exact) mass is 436 g/mol. The Morgan fingerprint density at radius 2 is 1.81 bits per heavy atom. The topological polar surface area (TPSA) is 57.7 Å². The molecule has 0 N–H and O–H groups in total. The second-order valence-corrected chi connectivity index (χ2v) is 9.99. The van der Waals surface area contributed by atoms with E-state index in [1.165, 1.54) is 23.4 Å². The highest BCUT2D eigenvalue weighted by Gasteiger charge is 2.32. The molecule has 1 aliphatic rings. The molecule has 0 unspecified atom stereocenters. The lowest BCUT2D eigenvalue weighted by Gasteiger charge is -2.35. The SMILES string of the molecule is CC(=O)c1ccc(N2CCN(S(=O)(=O)c3cc(Cl)sc3Cl)CC2)c(F)c1. The minimum atomic E-state index is -3.74. The smallest absolute Gasteiger partial charge is 0.245 e. The van der Waals surface area contributed by atoms with Gasteiger partial charge in [0, 0.05) is 31.7 Å². The summed E-state index contributed by atoms with van der Waals surface area (Å²) in [5.74, 6) is -0.709. The number of carbonyl (C=O) groups excluding carboxylic acids is 1. The largest absolute Gasteiger partial charge is 0.367 e. The van der Waals surface area contributed by atoms with Gasteiger partial charge in [-0.1, -0.05) is 23.2 Å². The first-order valence-corrected chi connectivity index (χ1v) is 10.7. The molecule has 2 heterocycles. The summed E-state index contributed by atoms with van der Waals surface area (Å²) in [6.07, 6.45) is 0. The highest BCUT2D eigenvalue weighted by atomic mass is 35.5. The summed E-state index contributed by atoms with van der Waals surface area (Å²) in [5, 5.41) is 0. The van der Waals surface area contributed by atoms with Gasteiger partial charge in [0.1, 0.15) is 15.0 Å². The fourth-order valence-corrected chi connectivity index (χ4v) is 6.33. The Morgan fingerprint density at radius 3 is 2.31 bits per heavy atom. The molecule has 0 saturated carbocycles. The predicted octanol–water partition coefficient (Wildman–Crippen LogP) is 3.91. The number of piperazine rings is 1. The minimum Gasteiger partial charge on any atom is -0.367 e. The van der Waals surface area contributed by atoms with E-state index < -0.39 is 15.8 Å². The molecular weight excluding hydrogens is 422 g/mol. The molecule has 1 fully saturated rings. The molecule has 0 aliphatic carbocycles. The Morgan fingerprint density at radius 1 is 1.15 bits per heavy atom. The third-order valence-electron chi connectivity index (χ3n) is 4.18. The molecule has 3 rings (SSSR count). The molecule has 0 radical (unpaired) electrons. The van der Waals surface area contributed by atoms with Crippen molar-refractivity contribution in [2.45, 2.75) is 11.8 Å². The van der Waals surface area contributed by atoms with Gasteiger partial charge in [-0.25, -0.2) is 12.8 Å². The summed E-state index contributed by atoms with van der Waals surface area (Å²) in [7, 11) is -3.74. The number of carbonyl (C=O) groups is 1. The number of rotatable bonds is 4. The molecule has 1 aliphatic heterocycles. The molecule has 0 spiro atoms. The average Bonchev–Trinajstić information content (AvgIpc) is 2.94. The van der Waals surface area contributed by atoms with Crippen LogP contribution in [0.4, 0.5) is 10.1 Å². The standard InChI is InChI=1S/C16H15Cl2FN2O3S2/c1-10(22)11-2-3-13(12(19)8-11)20-4-6-21(7-5-20)26(23,24)14-9-15(17)25-16(14)18/h2-3,8-9H,4-7H2,1H3. The maximum absolute atomic E-state index is 14.3. The number of thiophene rings is 1. The van der Waals surface area contributed by atoms with Crippen LogP contribution in [0.1, 0.15) is 17.3 Å². The summed E-state index contributed by atoms with van der Waals surface area (Å²) in [5.41, 5.74) is 0.653. The zero-order valence-electron chi connectivity index (χ0n) is 13.7. The number of hydrogen-bond donors (Lipinski definition) is 0. The van der Waals surface area contributed by atoms with Crippen molar-refractivity contribution < 1.29 is 17.6 Å². The van der Waals surface area contributed by atoms with E-state index in [4.69, 9.17) is 23.2 Å². The van der Waals surface area contributed by atoms with Crippen molar-refractivity contribution in [2.75, 3.05) is 31.1 Å². The lowest BCUT2D eigenvalue weighted by Crippen LogP contribution is -2.48. The fraction of sp³-hybridized carbons (Fsp3) is 0.312. The number of ketones is 1. The molecule has 1 saturated heterocycles. The average molecular weight is 437 g/mol. The number of Topliss-reactive ketones (excluding diaryl/α,β-unsaturated/α-hetero) is 1. The highest BCUT2D eigenvalue weighted by Crippen LogP contribution is 2.36. The van der Waals surface area contributed by atoms with Crippen LogP contribution in [0.3, 0.4) is 0 Å². The van der Waals surface area contributed by atoms with Gasteiger partial charge in [-0.05, 0) is 31.2 Å². The molecular formula is C16H15Cl2FN2O3S2. The lowest BCUT2D eigenvalue weighted by molar-refractivity contribution is 0.101. The number of halogens is 3. The van der Waals surface area contributed by atoms with Crippen LogP contribution in [-0.4, -0.2) is 44.7 Å². The van der Waals surface area contributed by atoms with Crippen LogP contribution in [-0.2, 0) is 10.0 Å². The van der Waals surface area contributed by atoms with Crippen LogP contribution in [0.5, 0.6) is 0 Å². The Bertz CT molecular complexity index is 954. The molecule has 2 aromatic rings. The first-order chi connectivity index (χ1) is 12.2. The molecule has 1 aromatic carbocycles. The van der Waals surface area contributed by atoms with E-state index in [1.54, 1.807) is 17.0 Å². The molecule has 26 heavy (non-hydrogen) atoms. The summed E-state index contributed by atoms with van der Waals surface area (Å²) in [4.78, 5) is 13.1. The molecule has 5 nitrogen and oxygen atoms in total. The number of anilines is 1. The van der Waals surface area contributed by atoms with Crippen molar-refractivity contribution in [2.24, 2.45) is 0 Å². The zero-order chi connectivity index (χ0) is 19.1. The summed E-state index contributed by atoms with van der Waals surface area (Å²) in [6, 6.07) is 5.66. The van der Waals surface area contributed by atoms with Crippen molar-refractivity contribution >= 4 is 56.0 Å². The third kappa shape index (κ3) is 3.75. The molecule has 140 valence electrons. The predicted molar refractivity (Wildman–Crippen MR) is 102 cm³/mol. The first kappa shape index (κ1) is 19.6. The second-order valence-electron chi connectivity index (χ2n) is 5.80. The van der Waals surface area contributed by atoms with Crippen molar-refractivity contribution in [3.05, 3.63) is 44.3 Å². The number of sulfonamides is 1. The first-order valence-electron chi connectivity index (χ1n) is 7.70. The molecule has 1 aromatic heterocycles. The van der Waals surface area contributed by atoms with Crippen molar-refractivity contribution in [1.29, 1.82) is 0 Å². The maximum Gasteiger partial charge on any atom is 0.245 e. The van der Waals surface area contributed by atoms with Gasteiger partial charge in [0.15, 0.2) is 5.78 Å². The molecule has 10 heteroatoms. The van der Waals surface area contributed by atoms with Crippen LogP contribution in [0.2, 0.25) is 8.67 Å². The number of hydrogen-bond acceptors (Lipinski definition) is 5. The van der Waals surface area contributed by atoms with Crippen molar-refractivity contribution in [3.63, 3.8) is 0 Å². The Labute approximate surface area is 165 Å². The second kappa shape index (κ2) is 7.44. The summed E-state index contributed by atoms with van der Waals surface area (Å²) < 4.78 is 41.5. The fourth-order valence-electron chi connectivity index (χ4n) is 2.79. The zero-order valence-corrected chi connectivity index (χ0v) is 16.9. The van der Waals surface area contributed by atoms with E-state index in [0.29, 0.717) is 28.7 Å². The van der Waals surface area contributed by atoms with Gasteiger partial charge in [-0.15, -0.1) is 11.3 Å². The quantitative estimate of drug-likeness (QED) is 0.681. The van der Waals surface area contributed by atoms with Gasteiger partial charge < -0.3 is 4.90 Å². The van der Waals surface area contributed by atoms with E-state index in [1.807, 2.05) is 0 Å². The van der Waals surface area contributed by atoms with E-state index in [2.05, 4.69) is 0 Å². The third-order valence-corrected chi connectivity index (χ3v) is 7.83. The van der Waals surface area contributed by atoms with E-state index >= 15 is 0 Å². The van der Waals surface area contributed by atoms with Gasteiger partial charge in [-0.3, -0.25) is 4.79 Å². The maximum atomic E-state index is 14.3. The van der Waals surface area contributed by atoms with Crippen molar-refractivity contribution in [3.8, 4) is 0 Å². The van der Waals surface area contributed by atoms with Crippen LogP contribution in [0, 0.1) is 5.82 Å². The van der Waals surface area contributed by atoms with Gasteiger partial charge in [0.2, 0.25) is 10.0 Å². The lowest BCUT2D eigenvalue weighted by atomic mass is 10.1. The van der Waals surface area contributed by atoms with Gasteiger partial charge in [0.05, 0.1) is 10.0 Å².